The molecule has 0 saturated heterocycles. The van der Waals surface area contributed by atoms with Crippen LogP contribution in [0.4, 0.5) is 5.69 Å². The molecule has 1 aromatic carbocycles. The van der Waals surface area contributed by atoms with E-state index in [0.717, 1.165) is 17.7 Å². The highest BCUT2D eigenvalue weighted by Gasteiger charge is 2.29. The lowest BCUT2D eigenvalue weighted by molar-refractivity contribution is -0.385. The van der Waals surface area contributed by atoms with Gasteiger partial charge < -0.3 is 5.11 Å². The summed E-state index contributed by atoms with van der Waals surface area (Å²) < 4.78 is 0. The van der Waals surface area contributed by atoms with Crippen molar-refractivity contribution in [3.63, 3.8) is 0 Å². The summed E-state index contributed by atoms with van der Waals surface area (Å²) in [4.78, 5) is 27.3. The summed E-state index contributed by atoms with van der Waals surface area (Å²) in [6.07, 6.45) is 5.66. The summed E-state index contributed by atoms with van der Waals surface area (Å²) in [5.74, 6) is -1.38. The molecule has 3 rings (SSSR count). The number of hydrogen-bond donors (Lipinski definition) is 1. The third-order valence-electron chi connectivity index (χ3n) is 3.81. The number of aliphatic carboxylic acids is 1. The molecule has 0 radical (unpaired) electrons. The Morgan fingerprint density at radius 3 is 2.91 bits per heavy atom. The first-order valence-electron chi connectivity index (χ1n) is 7.20. The van der Waals surface area contributed by atoms with Crippen molar-refractivity contribution >= 4 is 35.1 Å². The minimum atomic E-state index is -0.842. The van der Waals surface area contributed by atoms with E-state index < -0.39 is 16.8 Å². The fraction of sp³-hybridized carbons (Fsp3) is 0.250. The standard InChI is InChI=1S/C16H14N2O4S/c19-16(20)11-5-3-7-13-15(11)17-14(23-13)9-8-10-4-1-2-6-12(10)18(21)22/h1-2,4,6,8-9,11H,3,5,7H2,(H,19,20). The molecule has 118 valence electrons. The lowest BCUT2D eigenvalue weighted by atomic mass is 9.91. The van der Waals surface area contributed by atoms with Crippen LogP contribution in [0.3, 0.4) is 0 Å². The Bertz CT molecular complexity index is 797. The van der Waals surface area contributed by atoms with E-state index in [1.165, 1.54) is 17.4 Å². The van der Waals surface area contributed by atoms with Crippen LogP contribution in [0.2, 0.25) is 0 Å². The first kappa shape index (κ1) is 15.4. The van der Waals surface area contributed by atoms with Crippen molar-refractivity contribution < 1.29 is 14.8 Å². The highest BCUT2D eigenvalue weighted by Crippen LogP contribution is 2.35. The second-order valence-electron chi connectivity index (χ2n) is 5.29. The smallest absolute Gasteiger partial charge is 0.312 e. The number of rotatable bonds is 4. The second-order valence-corrected chi connectivity index (χ2v) is 6.41. The van der Waals surface area contributed by atoms with Crippen LogP contribution in [-0.2, 0) is 11.2 Å². The summed E-state index contributed by atoms with van der Waals surface area (Å²) in [5.41, 5.74) is 1.19. The first-order chi connectivity index (χ1) is 11.1. The number of nitro groups is 1. The largest absolute Gasteiger partial charge is 0.481 e. The number of fused-ring (bicyclic) bond motifs is 1. The molecule has 0 fully saturated rings. The van der Waals surface area contributed by atoms with Gasteiger partial charge in [0.25, 0.3) is 5.69 Å². The second kappa shape index (κ2) is 6.29. The number of carboxylic acids is 1. The average Bonchev–Trinajstić information content (AvgIpc) is 2.95. The third kappa shape index (κ3) is 3.14. The van der Waals surface area contributed by atoms with Gasteiger partial charge in [-0.25, -0.2) is 4.98 Å². The Morgan fingerprint density at radius 1 is 1.39 bits per heavy atom. The van der Waals surface area contributed by atoms with E-state index in [9.17, 15) is 20.0 Å². The number of nitro benzene ring substituents is 1. The van der Waals surface area contributed by atoms with Crippen LogP contribution in [0.25, 0.3) is 12.2 Å². The molecule has 0 spiro atoms. The maximum Gasteiger partial charge on any atom is 0.312 e. The van der Waals surface area contributed by atoms with Crippen LogP contribution >= 0.6 is 11.3 Å². The fourth-order valence-electron chi connectivity index (χ4n) is 2.70. The number of carbonyl (C=O) groups is 1. The van der Waals surface area contributed by atoms with E-state index in [4.69, 9.17) is 0 Å². The average molecular weight is 330 g/mol. The van der Waals surface area contributed by atoms with Gasteiger partial charge in [0.2, 0.25) is 0 Å². The lowest BCUT2D eigenvalue weighted by Gasteiger charge is -2.16. The Kier molecular flexibility index (Phi) is 4.20. The van der Waals surface area contributed by atoms with Gasteiger partial charge in [-0.1, -0.05) is 12.1 Å². The van der Waals surface area contributed by atoms with Crippen LogP contribution in [0.15, 0.2) is 24.3 Å². The molecule has 1 aliphatic carbocycles. The minimum absolute atomic E-state index is 0.0356. The quantitative estimate of drug-likeness (QED) is 0.681. The summed E-state index contributed by atoms with van der Waals surface area (Å²) in [5, 5.41) is 21.0. The van der Waals surface area contributed by atoms with Crippen molar-refractivity contribution in [2.75, 3.05) is 0 Å². The molecule has 0 bridgehead atoms. The SMILES string of the molecule is O=C(O)C1CCCc2sc(C=Cc3ccccc3[N+](=O)[O-])nc21. The minimum Gasteiger partial charge on any atom is -0.481 e. The van der Waals surface area contributed by atoms with Crippen LogP contribution in [0.1, 0.15) is 39.9 Å². The van der Waals surface area contributed by atoms with Gasteiger partial charge in [0.15, 0.2) is 0 Å². The number of hydrogen-bond acceptors (Lipinski definition) is 5. The third-order valence-corrected chi connectivity index (χ3v) is 4.90. The number of aryl methyl sites for hydroxylation is 1. The molecule has 1 aliphatic rings. The normalized spacial score (nSPS) is 17.1. The molecule has 1 N–H and O–H groups in total. The molecule has 0 amide bonds. The molecule has 1 unspecified atom stereocenters. The van der Waals surface area contributed by atoms with Crippen molar-refractivity contribution in [2.45, 2.75) is 25.2 Å². The molecule has 2 aromatic rings. The molecule has 23 heavy (non-hydrogen) atoms. The zero-order chi connectivity index (χ0) is 16.4. The van der Waals surface area contributed by atoms with Gasteiger partial charge in [0.1, 0.15) is 5.01 Å². The Balaban J connectivity index is 1.90. The van der Waals surface area contributed by atoms with Crippen LogP contribution in [0, 0.1) is 10.1 Å². The fourth-order valence-corrected chi connectivity index (χ4v) is 3.78. The molecule has 1 aromatic heterocycles. The Morgan fingerprint density at radius 2 is 2.17 bits per heavy atom. The van der Waals surface area contributed by atoms with E-state index in [-0.39, 0.29) is 5.69 Å². The number of nitrogens with zero attached hydrogens (tertiary/aromatic N) is 2. The van der Waals surface area contributed by atoms with Gasteiger partial charge in [0.05, 0.1) is 22.1 Å². The zero-order valence-corrected chi connectivity index (χ0v) is 13.0. The first-order valence-corrected chi connectivity index (χ1v) is 8.02. The van der Waals surface area contributed by atoms with Crippen molar-refractivity contribution in [3.8, 4) is 0 Å². The lowest BCUT2D eigenvalue weighted by Crippen LogP contribution is -2.17. The molecule has 7 heteroatoms. The zero-order valence-electron chi connectivity index (χ0n) is 12.1. The van der Waals surface area contributed by atoms with E-state index in [1.807, 2.05) is 0 Å². The van der Waals surface area contributed by atoms with E-state index in [2.05, 4.69) is 4.98 Å². The molecule has 0 saturated carbocycles. The van der Waals surface area contributed by atoms with Gasteiger partial charge in [-0.05, 0) is 37.5 Å². The topological polar surface area (TPSA) is 93.3 Å². The van der Waals surface area contributed by atoms with Gasteiger partial charge in [-0.15, -0.1) is 11.3 Å². The number of para-hydroxylation sites is 1. The van der Waals surface area contributed by atoms with E-state index in [0.29, 0.717) is 22.7 Å². The Hall–Kier alpha value is -2.54. The molecular weight excluding hydrogens is 316 g/mol. The number of carboxylic acid groups (broad SMARTS) is 1. The van der Waals surface area contributed by atoms with Crippen molar-refractivity contribution in [1.82, 2.24) is 4.98 Å². The van der Waals surface area contributed by atoms with E-state index in [1.54, 1.807) is 30.4 Å². The predicted molar refractivity (Wildman–Crippen MR) is 87.5 cm³/mol. The maximum absolute atomic E-state index is 11.3. The molecule has 1 atom stereocenters. The van der Waals surface area contributed by atoms with Gasteiger partial charge >= 0.3 is 5.97 Å². The monoisotopic (exact) mass is 330 g/mol. The predicted octanol–water partition coefficient (Wildman–Crippen LogP) is 3.73. The van der Waals surface area contributed by atoms with Crippen molar-refractivity contribution in [2.24, 2.45) is 0 Å². The van der Waals surface area contributed by atoms with Crippen molar-refractivity contribution in [3.05, 3.63) is 55.5 Å². The summed E-state index contributed by atoms with van der Waals surface area (Å²) in [7, 11) is 0. The van der Waals surface area contributed by atoms with Gasteiger partial charge in [0, 0.05) is 10.9 Å². The molecule has 0 aliphatic heterocycles. The summed E-state index contributed by atoms with van der Waals surface area (Å²) >= 11 is 1.46. The summed E-state index contributed by atoms with van der Waals surface area (Å²) in [6.45, 7) is 0. The van der Waals surface area contributed by atoms with Gasteiger partial charge in [-0.2, -0.15) is 0 Å². The van der Waals surface area contributed by atoms with Crippen molar-refractivity contribution in [1.29, 1.82) is 0 Å². The number of aromatic nitrogens is 1. The highest BCUT2D eigenvalue weighted by molar-refractivity contribution is 7.12. The molecule has 1 heterocycles. The Labute approximate surface area is 136 Å². The number of thiazole rings is 1. The van der Waals surface area contributed by atoms with Crippen LogP contribution < -0.4 is 0 Å². The maximum atomic E-state index is 11.3. The summed E-state index contributed by atoms with van der Waals surface area (Å²) in [6, 6.07) is 6.48. The number of benzene rings is 1. The van der Waals surface area contributed by atoms with E-state index >= 15 is 0 Å². The van der Waals surface area contributed by atoms with Crippen LogP contribution in [0.5, 0.6) is 0 Å². The molecule has 6 nitrogen and oxygen atoms in total. The molecular formula is C16H14N2O4S. The van der Waals surface area contributed by atoms with Gasteiger partial charge in [-0.3, -0.25) is 14.9 Å². The van der Waals surface area contributed by atoms with Crippen LogP contribution in [-0.4, -0.2) is 21.0 Å². The highest BCUT2D eigenvalue weighted by atomic mass is 32.1.